The van der Waals surface area contributed by atoms with Crippen LogP contribution in [0.5, 0.6) is 5.75 Å². The van der Waals surface area contributed by atoms with E-state index in [0.29, 0.717) is 18.2 Å². The third kappa shape index (κ3) is 4.57. The zero-order valence-corrected chi connectivity index (χ0v) is 19.0. The standard InChI is InChI=1S/C26H35N3O2/c1-4-18(2)22-16-19(3)21-10-11-23(25(21)26(22)31)27-24(30)17-28-12-14-29(15-13-28)20-8-6-5-7-9-20/h5-9,16,18,23,31H,4,10-15,17H2,1-3H3,(H,27,30). The molecule has 1 fully saturated rings. The molecule has 4 rings (SSSR count). The number of hydrogen-bond acceptors (Lipinski definition) is 4. The van der Waals surface area contributed by atoms with Crippen molar-refractivity contribution in [2.75, 3.05) is 37.6 Å². The van der Waals surface area contributed by atoms with Crippen LogP contribution in [0.4, 0.5) is 5.69 Å². The van der Waals surface area contributed by atoms with E-state index in [9.17, 15) is 9.90 Å². The Balaban J connectivity index is 1.37. The Morgan fingerprint density at radius 3 is 2.58 bits per heavy atom. The van der Waals surface area contributed by atoms with E-state index in [1.807, 2.05) is 6.07 Å². The number of rotatable bonds is 6. The summed E-state index contributed by atoms with van der Waals surface area (Å²) < 4.78 is 0. The maximum absolute atomic E-state index is 12.9. The monoisotopic (exact) mass is 421 g/mol. The van der Waals surface area contributed by atoms with E-state index in [-0.39, 0.29) is 11.9 Å². The number of anilines is 1. The van der Waals surface area contributed by atoms with Crippen LogP contribution in [-0.2, 0) is 11.2 Å². The van der Waals surface area contributed by atoms with Crippen LogP contribution in [0.15, 0.2) is 36.4 Å². The molecule has 0 saturated carbocycles. The molecule has 5 heteroatoms. The number of carbonyl (C=O) groups excluding carboxylic acids is 1. The number of nitrogens with zero attached hydrogens (tertiary/aromatic N) is 2. The summed E-state index contributed by atoms with van der Waals surface area (Å²) in [5.74, 6) is 0.757. The summed E-state index contributed by atoms with van der Waals surface area (Å²) in [6.45, 7) is 10.5. The highest BCUT2D eigenvalue weighted by molar-refractivity contribution is 5.79. The van der Waals surface area contributed by atoms with Crippen molar-refractivity contribution in [2.24, 2.45) is 0 Å². The minimum Gasteiger partial charge on any atom is -0.507 e. The van der Waals surface area contributed by atoms with Crippen LogP contribution < -0.4 is 10.2 Å². The fourth-order valence-electron chi connectivity index (χ4n) is 5.03. The molecule has 2 unspecified atom stereocenters. The van der Waals surface area contributed by atoms with E-state index < -0.39 is 0 Å². The highest BCUT2D eigenvalue weighted by atomic mass is 16.3. The molecule has 2 aliphatic rings. The summed E-state index contributed by atoms with van der Waals surface area (Å²) in [7, 11) is 0. The molecule has 1 saturated heterocycles. The molecular formula is C26H35N3O2. The summed E-state index contributed by atoms with van der Waals surface area (Å²) in [6.07, 6.45) is 2.76. The number of piperazine rings is 1. The van der Waals surface area contributed by atoms with Crippen LogP contribution in [-0.4, -0.2) is 48.6 Å². The zero-order valence-electron chi connectivity index (χ0n) is 19.0. The van der Waals surface area contributed by atoms with Crippen molar-refractivity contribution in [3.8, 4) is 5.75 Å². The minimum atomic E-state index is -0.0872. The molecular weight excluding hydrogens is 386 g/mol. The molecule has 2 N–H and O–H groups in total. The maximum atomic E-state index is 12.9. The van der Waals surface area contributed by atoms with E-state index in [0.717, 1.165) is 56.6 Å². The highest BCUT2D eigenvalue weighted by Crippen LogP contribution is 2.43. The van der Waals surface area contributed by atoms with Gasteiger partial charge < -0.3 is 15.3 Å². The predicted octanol–water partition coefficient (Wildman–Crippen LogP) is 4.14. The first kappa shape index (κ1) is 21.7. The van der Waals surface area contributed by atoms with Gasteiger partial charge in [0.25, 0.3) is 0 Å². The Morgan fingerprint density at radius 1 is 1.19 bits per heavy atom. The molecule has 0 radical (unpaired) electrons. The van der Waals surface area contributed by atoms with Crippen molar-refractivity contribution in [2.45, 2.75) is 52.0 Å². The number of aromatic hydroxyl groups is 1. The number of hydrogen-bond donors (Lipinski definition) is 2. The number of benzene rings is 2. The predicted molar refractivity (Wildman–Crippen MR) is 126 cm³/mol. The first-order chi connectivity index (χ1) is 15.0. The van der Waals surface area contributed by atoms with Crippen LogP contribution in [0, 0.1) is 6.92 Å². The number of nitrogens with one attached hydrogen (secondary N) is 1. The van der Waals surface area contributed by atoms with Crippen molar-refractivity contribution in [1.29, 1.82) is 0 Å². The van der Waals surface area contributed by atoms with Gasteiger partial charge in [0.05, 0.1) is 12.6 Å². The Kier molecular flexibility index (Phi) is 6.51. The molecule has 166 valence electrons. The van der Waals surface area contributed by atoms with Gasteiger partial charge in [0.15, 0.2) is 0 Å². The number of carbonyl (C=O) groups is 1. The fourth-order valence-corrected chi connectivity index (χ4v) is 5.03. The van der Waals surface area contributed by atoms with E-state index in [2.05, 4.69) is 66.2 Å². The second-order valence-corrected chi connectivity index (χ2v) is 9.09. The van der Waals surface area contributed by atoms with Gasteiger partial charge in [-0.25, -0.2) is 0 Å². The number of para-hydroxylation sites is 1. The van der Waals surface area contributed by atoms with Gasteiger partial charge in [-0.3, -0.25) is 9.69 Å². The molecule has 1 aliphatic heterocycles. The van der Waals surface area contributed by atoms with Gasteiger partial charge in [-0.05, 0) is 60.9 Å². The van der Waals surface area contributed by atoms with Crippen LogP contribution in [0.25, 0.3) is 0 Å². The second kappa shape index (κ2) is 9.31. The lowest BCUT2D eigenvalue weighted by Crippen LogP contribution is -2.49. The van der Waals surface area contributed by atoms with Crippen molar-refractivity contribution >= 4 is 11.6 Å². The average molecular weight is 422 g/mol. The van der Waals surface area contributed by atoms with Gasteiger partial charge in [0.1, 0.15) is 5.75 Å². The molecule has 0 spiro atoms. The van der Waals surface area contributed by atoms with Crippen molar-refractivity contribution in [3.63, 3.8) is 0 Å². The number of phenols is 1. The summed E-state index contributed by atoms with van der Waals surface area (Å²) >= 11 is 0. The number of amides is 1. The summed E-state index contributed by atoms with van der Waals surface area (Å²) in [5.41, 5.74) is 5.66. The van der Waals surface area contributed by atoms with Crippen LogP contribution >= 0.6 is 0 Å². The van der Waals surface area contributed by atoms with E-state index in [4.69, 9.17) is 0 Å². The topological polar surface area (TPSA) is 55.8 Å². The van der Waals surface area contributed by atoms with E-state index in [1.54, 1.807) is 0 Å². The first-order valence-electron chi connectivity index (χ1n) is 11.6. The van der Waals surface area contributed by atoms with E-state index >= 15 is 0 Å². The quantitative estimate of drug-likeness (QED) is 0.736. The van der Waals surface area contributed by atoms with Gasteiger partial charge >= 0.3 is 0 Å². The second-order valence-electron chi connectivity index (χ2n) is 9.09. The molecule has 1 aliphatic carbocycles. The van der Waals surface area contributed by atoms with Crippen LogP contribution in [0.1, 0.15) is 60.9 Å². The average Bonchev–Trinajstić information content (AvgIpc) is 3.21. The van der Waals surface area contributed by atoms with Gasteiger partial charge in [-0.1, -0.05) is 38.1 Å². The SMILES string of the molecule is CCC(C)c1cc(C)c2c(c1O)C(NC(=O)CN1CCN(c3ccccc3)CC1)CC2. The minimum absolute atomic E-state index is 0.0528. The smallest absolute Gasteiger partial charge is 0.234 e. The molecule has 0 aromatic heterocycles. The zero-order chi connectivity index (χ0) is 22.0. The molecule has 2 atom stereocenters. The molecule has 1 heterocycles. The molecule has 0 bridgehead atoms. The molecule has 5 nitrogen and oxygen atoms in total. The number of phenolic OH excluding ortho intramolecular Hbond substituents is 1. The van der Waals surface area contributed by atoms with Gasteiger partial charge in [-0.2, -0.15) is 0 Å². The summed E-state index contributed by atoms with van der Waals surface area (Å²) in [6, 6.07) is 12.5. The summed E-state index contributed by atoms with van der Waals surface area (Å²) in [5, 5.41) is 14.2. The van der Waals surface area contributed by atoms with E-state index in [1.165, 1.54) is 16.8 Å². The molecule has 2 aromatic rings. The largest absolute Gasteiger partial charge is 0.507 e. The third-order valence-electron chi connectivity index (χ3n) is 7.07. The lowest BCUT2D eigenvalue weighted by Gasteiger charge is -2.35. The third-order valence-corrected chi connectivity index (χ3v) is 7.07. The van der Waals surface area contributed by atoms with Gasteiger partial charge in [-0.15, -0.1) is 0 Å². The molecule has 31 heavy (non-hydrogen) atoms. The van der Waals surface area contributed by atoms with Crippen LogP contribution in [0.3, 0.4) is 0 Å². The molecule has 1 amide bonds. The Labute approximate surface area is 186 Å². The van der Waals surface area contributed by atoms with Crippen molar-refractivity contribution < 1.29 is 9.90 Å². The maximum Gasteiger partial charge on any atom is 0.234 e. The first-order valence-corrected chi connectivity index (χ1v) is 11.6. The Hall–Kier alpha value is -2.53. The van der Waals surface area contributed by atoms with Crippen molar-refractivity contribution in [1.82, 2.24) is 10.2 Å². The lowest BCUT2D eigenvalue weighted by atomic mass is 9.90. The number of aryl methyl sites for hydroxylation is 1. The Morgan fingerprint density at radius 2 is 1.90 bits per heavy atom. The van der Waals surface area contributed by atoms with Crippen molar-refractivity contribution in [3.05, 3.63) is 58.7 Å². The van der Waals surface area contributed by atoms with Gasteiger partial charge in [0.2, 0.25) is 5.91 Å². The number of fused-ring (bicyclic) bond motifs is 1. The normalized spacial score (nSPS) is 19.8. The van der Waals surface area contributed by atoms with Gasteiger partial charge in [0, 0.05) is 37.4 Å². The summed E-state index contributed by atoms with van der Waals surface area (Å²) in [4.78, 5) is 17.5. The molecule has 2 aromatic carbocycles. The van der Waals surface area contributed by atoms with Crippen LogP contribution in [0.2, 0.25) is 0 Å². The Bertz CT molecular complexity index is 920. The lowest BCUT2D eigenvalue weighted by molar-refractivity contribution is -0.123. The fraction of sp³-hybridized carbons (Fsp3) is 0.500. The highest BCUT2D eigenvalue weighted by Gasteiger charge is 2.31.